The molecule has 0 spiro atoms. The predicted molar refractivity (Wildman–Crippen MR) is 84.1 cm³/mol. The fraction of sp³-hybridized carbons (Fsp3) is 0.133. The molecule has 1 unspecified atom stereocenters. The maximum atomic E-state index is 12.2. The standard InChI is InChI=1S/C15H11BrClNO3/c16-9-5-6-11(10(17)7-9)18-15(19)14-8-20-12-3-1-2-4-13(12)21-14/h1-7,14H,8H2,(H,18,19). The summed E-state index contributed by atoms with van der Waals surface area (Å²) in [6, 6.07) is 12.5. The number of halogens is 2. The summed E-state index contributed by atoms with van der Waals surface area (Å²) in [5.41, 5.74) is 0.535. The molecule has 1 N–H and O–H groups in total. The molecular formula is C15H11BrClNO3. The second kappa shape index (κ2) is 5.95. The van der Waals surface area contributed by atoms with Crippen LogP contribution in [0.3, 0.4) is 0 Å². The van der Waals surface area contributed by atoms with Gasteiger partial charge in [0.05, 0.1) is 10.7 Å². The van der Waals surface area contributed by atoms with Gasteiger partial charge in [-0.1, -0.05) is 39.7 Å². The lowest BCUT2D eigenvalue weighted by Gasteiger charge is -2.25. The summed E-state index contributed by atoms with van der Waals surface area (Å²) in [7, 11) is 0. The molecule has 0 fully saturated rings. The molecule has 0 bridgehead atoms. The van der Waals surface area contributed by atoms with Gasteiger partial charge in [0.2, 0.25) is 6.10 Å². The van der Waals surface area contributed by atoms with Crippen molar-refractivity contribution in [2.45, 2.75) is 6.10 Å². The summed E-state index contributed by atoms with van der Waals surface area (Å²) in [6.07, 6.45) is -0.709. The van der Waals surface area contributed by atoms with Crippen molar-refractivity contribution in [2.75, 3.05) is 11.9 Å². The second-order valence-electron chi connectivity index (χ2n) is 4.48. The molecule has 0 saturated carbocycles. The van der Waals surface area contributed by atoms with Crippen LogP contribution in [-0.2, 0) is 4.79 Å². The Morgan fingerprint density at radius 2 is 2.00 bits per heavy atom. The third-order valence-corrected chi connectivity index (χ3v) is 3.80. The number of fused-ring (bicyclic) bond motifs is 1. The Morgan fingerprint density at radius 3 is 2.76 bits per heavy atom. The SMILES string of the molecule is O=C(Nc1ccc(Br)cc1Cl)C1COc2ccccc2O1. The minimum absolute atomic E-state index is 0.164. The smallest absolute Gasteiger partial charge is 0.269 e. The molecule has 2 aromatic rings. The van der Waals surface area contributed by atoms with Crippen molar-refractivity contribution in [1.82, 2.24) is 0 Å². The summed E-state index contributed by atoms with van der Waals surface area (Å²) >= 11 is 9.39. The third kappa shape index (κ3) is 3.14. The zero-order chi connectivity index (χ0) is 14.8. The number of hydrogen-bond donors (Lipinski definition) is 1. The first-order valence-corrected chi connectivity index (χ1v) is 7.45. The van der Waals surface area contributed by atoms with Gasteiger partial charge in [0.1, 0.15) is 6.61 Å². The largest absolute Gasteiger partial charge is 0.485 e. The minimum atomic E-state index is -0.709. The second-order valence-corrected chi connectivity index (χ2v) is 5.80. The van der Waals surface area contributed by atoms with Crippen molar-refractivity contribution in [3.63, 3.8) is 0 Å². The molecule has 1 heterocycles. The van der Waals surface area contributed by atoms with Gasteiger partial charge in [-0.05, 0) is 30.3 Å². The van der Waals surface area contributed by atoms with Crippen LogP contribution >= 0.6 is 27.5 Å². The van der Waals surface area contributed by atoms with E-state index in [1.54, 1.807) is 30.3 Å². The Morgan fingerprint density at radius 1 is 1.24 bits per heavy atom. The summed E-state index contributed by atoms with van der Waals surface area (Å²) in [5, 5.41) is 3.19. The highest BCUT2D eigenvalue weighted by Gasteiger charge is 2.27. The zero-order valence-electron chi connectivity index (χ0n) is 10.8. The molecule has 2 aromatic carbocycles. The first-order valence-electron chi connectivity index (χ1n) is 6.28. The first kappa shape index (κ1) is 14.2. The van der Waals surface area contributed by atoms with Crippen molar-refractivity contribution in [2.24, 2.45) is 0 Å². The minimum Gasteiger partial charge on any atom is -0.485 e. The van der Waals surface area contributed by atoms with Crippen LogP contribution in [0.1, 0.15) is 0 Å². The molecule has 0 saturated heterocycles. The molecule has 3 rings (SSSR count). The van der Waals surface area contributed by atoms with Gasteiger partial charge in [0.25, 0.3) is 5.91 Å². The fourth-order valence-corrected chi connectivity index (χ4v) is 2.67. The zero-order valence-corrected chi connectivity index (χ0v) is 13.1. The molecule has 0 radical (unpaired) electrons. The topological polar surface area (TPSA) is 47.6 Å². The number of nitrogens with one attached hydrogen (secondary N) is 1. The van der Waals surface area contributed by atoms with Gasteiger partial charge >= 0.3 is 0 Å². The van der Waals surface area contributed by atoms with E-state index in [4.69, 9.17) is 21.1 Å². The van der Waals surface area contributed by atoms with Crippen LogP contribution in [0, 0.1) is 0 Å². The molecule has 6 heteroatoms. The first-order chi connectivity index (χ1) is 10.1. The average molecular weight is 369 g/mol. The number of amides is 1. The lowest BCUT2D eigenvalue weighted by atomic mass is 10.2. The maximum Gasteiger partial charge on any atom is 0.269 e. The Bertz CT molecular complexity index is 692. The van der Waals surface area contributed by atoms with Crippen LogP contribution in [0.4, 0.5) is 5.69 Å². The number of hydrogen-bond acceptors (Lipinski definition) is 3. The van der Waals surface area contributed by atoms with Crippen LogP contribution in [0.5, 0.6) is 11.5 Å². The number of benzene rings is 2. The predicted octanol–water partition coefficient (Wildman–Crippen LogP) is 3.88. The normalized spacial score (nSPS) is 16.4. The van der Waals surface area contributed by atoms with Gasteiger partial charge in [-0.25, -0.2) is 0 Å². The van der Waals surface area contributed by atoms with Gasteiger partial charge in [-0.3, -0.25) is 4.79 Å². The van der Waals surface area contributed by atoms with Gasteiger partial charge in [0, 0.05) is 4.47 Å². The van der Waals surface area contributed by atoms with E-state index >= 15 is 0 Å². The van der Waals surface area contributed by atoms with E-state index in [9.17, 15) is 4.79 Å². The molecule has 1 amide bonds. The van der Waals surface area contributed by atoms with Gasteiger partial charge in [0.15, 0.2) is 11.5 Å². The van der Waals surface area contributed by atoms with Crippen LogP contribution in [0.15, 0.2) is 46.9 Å². The number of para-hydroxylation sites is 2. The molecule has 1 aliphatic rings. The Balaban J connectivity index is 1.72. The average Bonchev–Trinajstić information content (AvgIpc) is 2.49. The lowest BCUT2D eigenvalue weighted by Crippen LogP contribution is -2.40. The van der Waals surface area contributed by atoms with E-state index in [-0.39, 0.29) is 12.5 Å². The van der Waals surface area contributed by atoms with Crippen molar-refractivity contribution >= 4 is 39.1 Å². The molecule has 0 aromatic heterocycles. The highest BCUT2D eigenvalue weighted by Crippen LogP contribution is 2.31. The molecule has 1 atom stereocenters. The number of ether oxygens (including phenoxy) is 2. The summed E-state index contributed by atoms with van der Waals surface area (Å²) in [5.74, 6) is 0.905. The quantitative estimate of drug-likeness (QED) is 0.875. The Hall–Kier alpha value is -1.72. The number of anilines is 1. The number of rotatable bonds is 2. The summed E-state index contributed by atoms with van der Waals surface area (Å²) < 4.78 is 12.0. The molecular weight excluding hydrogens is 358 g/mol. The third-order valence-electron chi connectivity index (χ3n) is 2.99. The monoisotopic (exact) mass is 367 g/mol. The number of carbonyl (C=O) groups excluding carboxylic acids is 1. The lowest BCUT2D eigenvalue weighted by molar-refractivity contribution is -0.125. The van der Waals surface area contributed by atoms with E-state index in [0.29, 0.717) is 22.2 Å². The maximum absolute atomic E-state index is 12.2. The summed E-state index contributed by atoms with van der Waals surface area (Å²) in [6.45, 7) is 0.164. The van der Waals surface area contributed by atoms with Gasteiger partial charge < -0.3 is 14.8 Å². The van der Waals surface area contributed by atoms with E-state index < -0.39 is 6.10 Å². The molecule has 4 nitrogen and oxygen atoms in total. The Kier molecular flexibility index (Phi) is 4.03. The highest BCUT2D eigenvalue weighted by molar-refractivity contribution is 9.10. The van der Waals surface area contributed by atoms with Gasteiger partial charge in [-0.2, -0.15) is 0 Å². The van der Waals surface area contributed by atoms with Crippen LogP contribution in [0.2, 0.25) is 5.02 Å². The van der Waals surface area contributed by atoms with E-state index in [0.717, 1.165) is 4.47 Å². The number of carbonyl (C=O) groups is 1. The van der Waals surface area contributed by atoms with Crippen LogP contribution in [0.25, 0.3) is 0 Å². The highest BCUT2D eigenvalue weighted by atomic mass is 79.9. The van der Waals surface area contributed by atoms with Crippen molar-refractivity contribution in [1.29, 1.82) is 0 Å². The van der Waals surface area contributed by atoms with E-state index in [1.165, 1.54) is 0 Å². The van der Waals surface area contributed by atoms with Crippen molar-refractivity contribution in [3.05, 3.63) is 52.0 Å². The van der Waals surface area contributed by atoms with Crippen LogP contribution in [-0.4, -0.2) is 18.6 Å². The molecule has 0 aliphatic carbocycles. The molecule has 1 aliphatic heterocycles. The Labute approximate surface area is 135 Å². The molecule has 108 valence electrons. The molecule has 21 heavy (non-hydrogen) atoms. The van der Waals surface area contributed by atoms with Crippen LogP contribution < -0.4 is 14.8 Å². The van der Waals surface area contributed by atoms with Crippen molar-refractivity contribution in [3.8, 4) is 11.5 Å². The van der Waals surface area contributed by atoms with Gasteiger partial charge in [-0.15, -0.1) is 0 Å². The van der Waals surface area contributed by atoms with E-state index in [2.05, 4.69) is 21.2 Å². The fourth-order valence-electron chi connectivity index (χ4n) is 1.95. The van der Waals surface area contributed by atoms with Crippen molar-refractivity contribution < 1.29 is 14.3 Å². The van der Waals surface area contributed by atoms with E-state index in [1.807, 2.05) is 12.1 Å². The summed E-state index contributed by atoms with van der Waals surface area (Å²) in [4.78, 5) is 12.2.